The van der Waals surface area contributed by atoms with E-state index in [1.165, 1.54) is 0 Å². The first-order valence-electron chi connectivity index (χ1n) is 7.04. The van der Waals surface area contributed by atoms with Crippen molar-refractivity contribution in [1.29, 1.82) is 0 Å². The molecule has 0 fully saturated rings. The van der Waals surface area contributed by atoms with Gasteiger partial charge < -0.3 is 15.8 Å². The summed E-state index contributed by atoms with van der Waals surface area (Å²) in [5.74, 6) is 0.368. The van der Waals surface area contributed by atoms with E-state index in [9.17, 15) is 4.79 Å². The first-order valence-corrected chi connectivity index (χ1v) is 7.04. The Morgan fingerprint density at radius 2 is 2.00 bits per heavy atom. The number of amides is 1. The number of aromatic nitrogens is 2. The zero-order valence-corrected chi connectivity index (χ0v) is 14.8. The number of carbonyl (C=O) groups is 1. The van der Waals surface area contributed by atoms with Gasteiger partial charge in [-0.25, -0.2) is 0 Å². The summed E-state index contributed by atoms with van der Waals surface area (Å²) in [7, 11) is 1.55. The highest BCUT2D eigenvalue weighted by molar-refractivity contribution is 6.05. The number of ether oxygens (including phenoxy) is 1. The molecule has 0 radical (unpaired) electrons. The van der Waals surface area contributed by atoms with Gasteiger partial charge in [-0.05, 0) is 45.9 Å². The molecule has 1 heterocycles. The fourth-order valence-corrected chi connectivity index (χ4v) is 2.32. The van der Waals surface area contributed by atoms with Crippen LogP contribution < -0.4 is 15.8 Å². The van der Waals surface area contributed by atoms with E-state index in [1.54, 1.807) is 31.5 Å². The second kappa shape index (κ2) is 6.91. The highest BCUT2D eigenvalue weighted by Crippen LogP contribution is 2.25. The summed E-state index contributed by atoms with van der Waals surface area (Å²) >= 11 is 0. The van der Waals surface area contributed by atoms with Crippen LogP contribution in [0.15, 0.2) is 24.4 Å². The fourth-order valence-electron chi connectivity index (χ4n) is 2.32. The molecule has 0 aliphatic rings. The molecule has 7 heteroatoms. The molecule has 6 nitrogen and oxygen atoms in total. The van der Waals surface area contributed by atoms with Crippen LogP contribution >= 0.6 is 12.4 Å². The first-order chi connectivity index (χ1) is 10.2. The molecule has 0 aliphatic heterocycles. The number of rotatable bonds is 3. The Morgan fingerprint density at radius 3 is 2.48 bits per heavy atom. The molecule has 1 aromatic carbocycles. The number of halogens is 1. The Bertz CT molecular complexity index is 705. The monoisotopic (exact) mass is 338 g/mol. The number of methoxy groups -OCH3 is 1. The molecule has 0 aliphatic carbocycles. The van der Waals surface area contributed by atoms with Gasteiger partial charge in [0.2, 0.25) is 0 Å². The van der Waals surface area contributed by atoms with Crippen molar-refractivity contribution in [3.63, 3.8) is 0 Å². The van der Waals surface area contributed by atoms with Crippen LogP contribution in [0.2, 0.25) is 0 Å². The molecule has 0 saturated heterocycles. The zero-order valence-electron chi connectivity index (χ0n) is 14.0. The van der Waals surface area contributed by atoms with E-state index < -0.39 is 0 Å². The molecule has 0 atom stereocenters. The summed E-state index contributed by atoms with van der Waals surface area (Å²) in [5.41, 5.74) is 8.13. The van der Waals surface area contributed by atoms with Gasteiger partial charge in [0.05, 0.1) is 30.1 Å². The Hall–Kier alpha value is -2.21. The zero-order chi connectivity index (χ0) is 16.5. The number of hydrogen-bond donors (Lipinski definition) is 2. The quantitative estimate of drug-likeness (QED) is 0.842. The third-order valence-electron chi connectivity index (χ3n) is 3.38. The van der Waals surface area contributed by atoms with Gasteiger partial charge in [-0.15, -0.1) is 12.4 Å². The fraction of sp³-hybridized carbons (Fsp3) is 0.375. The lowest BCUT2D eigenvalue weighted by atomic mass is 10.1. The molecule has 2 aromatic rings. The minimum atomic E-state index is -0.211. The van der Waals surface area contributed by atoms with Crippen LogP contribution in [-0.2, 0) is 5.54 Å². The summed E-state index contributed by atoms with van der Waals surface area (Å²) in [6, 6.07) is 5.13. The van der Waals surface area contributed by atoms with Crippen molar-refractivity contribution in [3.05, 3.63) is 35.7 Å². The summed E-state index contributed by atoms with van der Waals surface area (Å²) < 4.78 is 6.94. The molecule has 126 valence electrons. The number of anilines is 2. The molecule has 1 aromatic heterocycles. The highest BCUT2D eigenvalue weighted by atomic mass is 35.5. The Morgan fingerprint density at radius 1 is 1.35 bits per heavy atom. The van der Waals surface area contributed by atoms with Crippen LogP contribution in [0, 0.1) is 6.92 Å². The van der Waals surface area contributed by atoms with Crippen molar-refractivity contribution in [2.45, 2.75) is 33.2 Å². The maximum absolute atomic E-state index is 12.4. The van der Waals surface area contributed by atoms with Gasteiger partial charge in [-0.1, -0.05) is 0 Å². The SMILES string of the molecule is COc1ccc(NC(=O)c2cnn(C(C)(C)C)c2C)cc1N.Cl. The maximum Gasteiger partial charge on any atom is 0.259 e. The summed E-state index contributed by atoms with van der Waals surface area (Å²) in [5, 5.41) is 7.13. The minimum absolute atomic E-state index is 0. The Labute approximate surface area is 142 Å². The largest absolute Gasteiger partial charge is 0.495 e. The van der Waals surface area contributed by atoms with E-state index in [4.69, 9.17) is 10.5 Å². The number of nitrogens with two attached hydrogens (primary N) is 1. The standard InChI is InChI=1S/C16H22N4O2.ClH/c1-10-12(9-18-20(10)16(2,3)4)15(21)19-11-6-7-14(22-5)13(17)8-11;/h6-9H,17H2,1-5H3,(H,19,21);1H. The van der Waals surface area contributed by atoms with Crippen molar-refractivity contribution in [1.82, 2.24) is 9.78 Å². The average molecular weight is 339 g/mol. The third kappa shape index (κ3) is 3.96. The molecule has 3 N–H and O–H groups in total. The van der Waals surface area contributed by atoms with Gasteiger partial charge >= 0.3 is 0 Å². The topological polar surface area (TPSA) is 82.2 Å². The van der Waals surface area contributed by atoms with Crippen LogP contribution in [0.5, 0.6) is 5.75 Å². The first kappa shape index (κ1) is 18.8. The second-order valence-corrected chi connectivity index (χ2v) is 6.14. The van der Waals surface area contributed by atoms with Gasteiger partial charge in [0.25, 0.3) is 5.91 Å². The second-order valence-electron chi connectivity index (χ2n) is 6.14. The molecular formula is C16H23ClN4O2. The van der Waals surface area contributed by atoms with Crippen LogP contribution in [0.4, 0.5) is 11.4 Å². The maximum atomic E-state index is 12.4. The van der Waals surface area contributed by atoms with Crippen LogP contribution in [0.25, 0.3) is 0 Å². The van der Waals surface area contributed by atoms with Crippen molar-refractivity contribution in [2.75, 3.05) is 18.2 Å². The van der Waals surface area contributed by atoms with Gasteiger partial charge in [0.15, 0.2) is 0 Å². The van der Waals surface area contributed by atoms with Crippen LogP contribution in [0.3, 0.4) is 0 Å². The molecular weight excluding hydrogens is 316 g/mol. The number of nitrogens with zero attached hydrogens (tertiary/aromatic N) is 2. The van der Waals surface area contributed by atoms with Crippen molar-refractivity contribution in [3.8, 4) is 5.75 Å². The van der Waals surface area contributed by atoms with Gasteiger partial charge in [0, 0.05) is 11.4 Å². The highest BCUT2D eigenvalue weighted by Gasteiger charge is 2.21. The number of nitrogens with one attached hydrogen (secondary N) is 1. The number of hydrogen-bond acceptors (Lipinski definition) is 4. The van der Waals surface area contributed by atoms with E-state index in [-0.39, 0.29) is 23.9 Å². The van der Waals surface area contributed by atoms with Gasteiger partial charge in [0.1, 0.15) is 5.75 Å². The lowest BCUT2D eigenvalue weighted by Crippen LogP contribution is -2.25. The molecule has 0 unspecified atom stereocenters. The molecule has 2 rings (SSSR count). The number of benzene rings is 1. The number of carbonyl (C=O) groups excluding carboxylic acids is 1. The van der Waals surface area contributed by atoms with Crippen LogP contribution in [0.1, 0.15) is 36.8 Å². The van der Waals surface area contributed by atoms with E-state index in [0.29, 0.717) is 22.7 Å². The molecule has 1 amide bonds. The van der Waals surface area contributed by atoms with Gasteiger partial charge in [-0.2, -0.15) is 5.10 Å². The van der Waals surface area contributed by atoms with E-state index in [1.807, 2.05) is 32.4 Å². The predicted molar refractivity (Wildman–Crippen MR) is 94.6 cm³/mol. The lowest BCUT2D eigenvalue weighted by Gasteiger charge is -2.21. The Balaban J connectivity index is 0.00000264. The van der Waals surface area contributed by atoms with E-state index in [0.717, 1.165) is 5.69 Å². The van der Waals surface area contributed by atoms with E-state index >= 15 is 0 Å². The third-order valence-corrected chi connectivity index (χ3v) is 3.38. The summed E-state index contributed by atoms with van der Waals surface area (Å²) in [4.78, 5) is 12.4. The molecule has 23 heavy (non-hydrogen) atoms. The lowest BCUT2D eigenvalue weighted by molar-refractivity contribution is 0.102. The van der Waals surface area contributed by atoms with E-state index in [2.05, 4.69) is 10.4 Å². The van der Waals surface area contributed by atoms with Gasteiger partial charge in [-0.3, -0.25) is 9.48 Å². The molecule has 0 bridgehead atoms. The smallest absolute Gasteiger partial charge is 0.259 e. The number of nitrogen functional groups attached to an aromatic ring is 1. The van der Waals surface area contributed by atoms with Crippen molar-refractivity contribution in [2.24, 2.45) is 0 Å². The molecule has 0 spiro atoms. The predicted octanol–water partition coefficient (Wildman–Crippen LogP) is 3.21. The van der Waals surface area contributed by atoms with Crippen molar-refractivity contribution >= 4 is 29.7 Å². The average Bonchev–Trinajstić information content (AvgIpc) is 2.80. The summed E-state index contributed by atoms with van der Waals surface area (Å²) in [6.07, 6.45) is 1.59. The summed E-state index contributed by atoms with van der Waals surface area (Å²) in [6.45, 7) is 8.01. The molecule has 0 saturated carbocycles. The van der Waals surface area contributed by atoms with Crippen molar-refractivity contribution < 1.29 is 9.53 Å². The normalized spacial score (nSPS) is 10.8. The Kier molecular flexibility index (Phi) is 5.66. The van der Waals surface area contributed by atoms with Crippen LogP contribution in [-0.4, -0.2) is 22.8 Å². The minimum Gasteiger partial charge on any atom is -0.495 e.